The molecule has 0 bridgehead atoms. The van der Waals surface area contributed by atoms with Crippen LogP contribution in [-0.4, -0.2) is 22.4 Å². The van der Waals surface area contributed by atoms with Crippen LogP contribution in [0.5, 0.6) is 5.75 Å². The number of aromatic nitrogens is 2. The number of rotatable bonds is 7. The molecule has 0 spiro atoms. The molecule has 3 rings (SSSR count). The maximum Gasteiger partial charge on any atom is 0.573 e. The van der Waals surface area contributed by atoms with E-state index in [4.69, 9.17) is 11.6 Å². The highest BCUT2D eigenvalue weighted by atomic mass is 35.5. The van der Waals surface area contributed by atoms with Gasteiger partial charge in [-0.2, -0.15) is 4.98 Å². The minimum atomic E-state index is -4.81. The zero-order valence-electron chi connectivity index (χ0n) is 16.3. The fraction of sp³-hybridized carbons (Fsp3) is 0.238. The van der Waals surface area contributed by atoms with Crippen molar-refractivity contribution >= 4 is 29.1 Å². The van der Waals surface area contributed by atoms with Gasteiger partial charge >= 0.3 is 6.36 Å². The number of halogens is 4. The van der Waals surface area contributed by atoms with E-state index in [-0.39, 0.29) is 11.1 Å². The molecular formula is C21H20ClF3N4O. The van der Waals surface area contributed by atoms with Crippen LogP contribution in [0.15, 0.2) is 54.6 Å². The van der Waals surface area contributed by atoms with E-state index in [2.05, 4.69) is 25.3 Å². The van der Waals surface area contributed by atoms with Crippen molar-refractivity contribution in [3.63, 3.8) is 0 Å². The third-order valence-corrected chi connectivity index (χ3v) is 4.51. The molecule has 30 heavy (non-hydrogen) atoms. The molecule has 0 unspecified atom stereocenters. The minimum Gasteiger partial charge on any atom is -0.404 e. The maximum absolute atomic E-state index is 12.4. The highest BCUT2D eigenvalue weighted by Gasteiger charge is 2.32. The first-order chi connectivity index (χ1) is 14.2. The Kier molecular flexibility index (Phi) is 6.66. The second-order valence-electron chi connectivity index (χ2n) is 6.60. The second-order valence-corrected chi connectivity index (χ2v) is 7.01. The summed E-state index contributed by atoms with van der Waals surface area (Å²) in [5, 5.41) is 6.13. The Morgan fingerprint density at radius 3 is 2.43 bits per heavy atom. The van der Waals surface area contributed by atoms with Crippen molar-refractivity contribution in [2.45, 2.75) is 32.7 Å². The number of hydrogen-bond acceptors (Lipinski definition) is 5. The molecule has 0 aliphatic rings. The van der Waals surface area contributed by atoms with Crippen molar-refractivity contribution in [1.29, 1.82) is 0 Å². The topological polar surface area (TPSA) is 59.1 Å². The summed E-state index contributed by atoms with van der Waals surface area (Å²) in [4.78, 5) is 9.04. The zero-order valence-corrected chi connectivity index (χ0v) is 17.1. The van der Waals surface area contributed by atoms with E-state index < -0.39 is 12.1 Å². The molecule has 1 atom stereocenters. The van der Waals surface area contributed by atoms with Crippen molar-refractivity contribution in [2.24, 2.45) is 0 Å². The summed E-state index contributed by atoms with van der Waals surface area (Å²) in [7, 11) is 0. The van der Waals surface area contributed by atoms with Crippen molar-refractivity contribution in [2.75, 3.05) is 10.6 Å². The molecule has 0 amide bonds. The van der Waals surface area contributed by atoms with Gasteiger partial charge in [-0.05, 0) is 31.5 Å². The van der Waals surface area contributed by atoms with Crippen LogP contribution in [0, 0.1) is 0 Å². The minimum absolute atomic E-state index is 0.164. The van der Waals surface area contributed by atoms with E-state index in [1.807, 2.05) is 44.2 Å². The zero-order chi connectivity index (χ0) is 21.7. The first-order valence-corrected chi connectivity index (χ1v) is 9.64. The molecule has 158 valence electrons. The first-order valence-electron chi connectivity index (χ1n) is 9.27. The Morgan fingerprint density at radius 1 is 1.07 bits per heavy atom. The Labute approximate surface area is 177 Å². The summed E-state index contributed by atoms with van der Waals surface area (Å²) in [5.74, 6) is 0.438. The standard InChI is InChI=1S/C21H20ClF3N4O/c1-3-13(2)26-20-28-17(14-7-5-4-6-8-14)12-19(29-20)27-15-9-10-18(16(22)11-15)30-21(23,24)25/h4-13H,3H2,1-2H3,(H2,26,27,28,29)/t13-/m0/s1. The molecule has 0 fully saturated rings. The van der Waals surface area contributed by atoms with Crippen molar-refractivity contribution < 1.29 is 17.9 Å². The van der Waals surface area contributed by atoms with Gasteiger partial charge in [0, 0.05) is 23.4 Å². The van der Waals surface area contributed by atoms with Gasteiger partial charge in [0.25, 0.3) is 0 Å². The number of anilines is 3. The molecular weight excluding hydrogens is 417 g/mol. The van der Waals surface area contributed by atoms with Gasteiger partial charge in [-0.1, -0.05) is 48.9 Å². The van der Waals surface area contributed by atoms with E-state index >= 15 is 0 Å². The Bertz CT molecular complexity index is 999. The maximum atomic E-state index is 12.4. The molecule has 3 aromatic rings. The van der Waals surface area contributed by atoms with E-state index in [1.165, 1.54) is 12.1 Å². The number of alkyl halides is 3. The summed E-state index contributed by atoms with van der Waals surface area (Å²) in [6.07, 6.45) is -3.93. The predicted octanol–water partition coefficient (Wildman–Crippen LogP) is 6.65. The predicted molar refractivity (Wildman–Crippen MR) is 112 cm³/mol. The Balaban J connectivity index is 1.91. The van der Waals surface area contributed by atoms with Gasteiger partial charge in [0.05, 0.1) is 10.7 Å². The van der Waals surface area contributed by atoms with Crippen molar-refractivity contribution in [3.8, 4) is 17.0 Å². The highest BCUT2D eigenvalue weighted by Crippen LogP contribution is 2.33. The number of benzene rings is 2. The summed E-state index contributed by atoms with van der Waals surface area (Å²) in [6.45, 7) is 4.06. The number of nitrogens with one attached hydrogen (secondary N) is 2. The van der Waals surface area contributed by atoms with Crippen LogP contribution in [0.3, 0.4) is 0 Å². The van der Waals surface area contributed by atoms with Gasteiger partial charge in [0.2, 0.25) is 5.95 Å². The van der Waals surface area contributed by atoms with Gasteiger partial charge in [-0.25, -0.2) is 4.98 Å². The normalized spacial score (nSPS) is 12.3. The fourth-order valence-electron chi connectivity index (χ4n) is 2.59. The molecule has 1 aromatic heterocycles. The van der Waals surface area contributed by atoms with Gasteiger partial charge in [-0.3, -0.25) is 0 Å². The lowest BCUT2D eigenvalue weighted by atomic mass is 10.1. The lowest BCUT2D eigenvalue weighted by Gasteiger charge is -2.15. The van der Waals surface area contributed by atoms with Gasteiger partial charge in [-0.15, -0.1) is 13.2 Å². The smallest absolute Gasteiger partial charge is 0.404 e. The largest absolute Gasteiger partial charge is 0.573 e. The van der Waals surface area contributed by atoms with E-state index in [0.29, 0.717) is 23.1 Å². The van der Waals surface area contributed by atoms with Gasteiger partial charge in [0.15, 0.2) is 0 Å². The third-order valence-electron chi connectivity index (χ3n) is 4.21. The van der Waals surface area contributed by atoms with Gasteiger partial charge < -0.3 is 15.4 Å². The molecule has 2 N–H and O–H groups in total. The van der Waals surface area contributed by atoms with E-state index in [9.17, 15) is 13.2 Å². The molecule has 2 aromatic carbocycles. The highest BCUT2D eigenvalue weighted by molar-refractivity contribution is 6.32. The average molecular weight is 437 g/mol. The summed E-state index contributed by atoms with van der Waals surface area (Å²) < 4.78 is 41.2. The van der Waals surface area contributed by atoms with Crippen LogP contribution in [0.1, 0.15) is 20.3 Å². The molecule has 0 aliphatic heterocycles. The van der Waals surface area contributed by atoms with Crippen LogP contribution >= 0.6 is 11.6 Å². The number of nitrogens with zero attached hydrogens (tertiary/aromatic N) is 2. The third kappa shape index (κ3) is 6.00. The number of ether oxygens (including phenoxy) is 1. The Morgan fingerprint density at radius 2 is 1.80 bits per heavy atom. The van der Waals surface area contributed by atoms with Crippen LogP contribution in [0.2, 0.25) is 5.02 Å². The lowest BCUT2D eigenvalue weighted by Crippen LogP contribution is -2.17. The molecule has 0 radical (unpaired) electrons. The quantitative estimate of drug-likeness (QED) is 0.434. The second kappa shape index (κ2) is 9.21. The molecule has 9 heteroatoms. The van der Waals surface area contributed by atoms with Crippen LogP contribution in [-0.2, 0) is 0 Å². The first kappa shape index (κ1) is 21.7. The summed E-state index contributed by atoms with van der Waals surface area (Å²) in [5.41, 5.74) is 2.06. The van der Waals surface area contributed by atoms with Crippen LogP contribution < -0.4 is 15.4 Å². The summed E-state index contributed by atoms with van der Waals surface area (Å²) in [6, 6.07) is 15.4. The SMILES string of the molecule is CC[C@H](C)Nc1nc(Nc2ccc(OC(F)(F)F)c(Cl)c2)cc(-c2ccccc2)n1. The molecule has 0 saturated heterocycles. The van der Waals surface area contributed by atoms with E-state index in [1.54, 1.807) is 6.07 Å². The summed E-state index contributed by atoms with van der Waals surface area (Å²) >= 11 is 5.94. The van der Waals surface area contributed by atoms with Crippen LogP contribution in [0.25, 0.3) is 11.3 Å². The Hall–Kier alpha value is -3.00. The van der Waals surface area contributed by atoms with Crippen molar-refractivity contribution in [1.82, 2.24) is 9.97 Å². The molecule has 0 aliphatic carbocycles. The average Bonchev–Trinajstić information content (AvgIpc) is 2.69. The fourth-order valence-corrected chi connectivity index (χ4v) is 2.81. The lowest BCUT2D eigenvalue weighted by molar-refractivity contribution is -0.274. The number of hydrogen-bond donors (Lipinski definition) is 2. The molecule has 0 saturated carbocycles. The van der Waals surface area contributed by atoms with Crippen molar-refractivity contribution in [3.05, 3.63) is 59.6 Å². The van der Waals surface area contributed by atoms with Crippen LogP contribution in [0.4, 0.5) is 30.6 Å². The molecule has 1 heterocycles. The monoisotopic (exact) mass is 436 g/mol. The van der Waals surface area contributed by atoms with E-state index in [0.717, 1.165) is 18.1 Å². The molecule has 5 nitrogen and oxygen atoms in total. The van der Waals surface area contributed by atoms with Gasteiger partial charge in [0.1, 0.15) is 11.6 Å².